The molecule has 1 atom stereocenters. The molecule has 292 valence electrons. The van der Waals surface area contributed by atoms with Crippen molar-refractivity contribution in [3.05, 3.63) is 93.8 Å². The van der Waals surface area contributed by atoms with Gasteiger partial charge in [-0.3, -0.25) is 34.2 Å². The Labute approximate surface area is 330 Å². The highest BCUT2D eigenvalue weighted by atomic mass is 35.5. The second-order valence-electron chi connectivity index (χ2n) is 13.6. The number of aromatic nitrogens is 2. The van der Waals surface area contributed by atoms with Gasteiger partial charge in [-0.2, -0.15) is 0 Å². The van der Waals surface area contributed by atoms with Gasteiger partial charge in [0, 0.05) is 36.7 Å². The number of halogens is 2. The van der Waals surface area contributed by atoms with Gasteiger partial charge in [0.2, 0.25) is 17.7 Å². The molecule has 0 spiro atoms. The second-order valence-corrected chi connectivity index (χ2v) is 14.9. The van der Waals surface area contributed by atoms with Crippen LogP contribution in [0.2, 0.25) is 5.02 Å². The maximum absolute atomic E-state index is 14.6. The van der Waals surface area contributed by atoms with Gasteiger partial charge in [-0.1, -0.05) is 29.8 Å². The van der Waals surface area contributed by atoms with Gasteiger partial charge in [-0.15, -0.1) is 11.3 Å². The van der Waals surface area contributed by atoms with E-state index in [9.17, 15) is 28.4 Å². The lowest BCUT2D eigenvalue weighted by Crippen LogP contribution is -2.54. The zero-order valence-electron chi connectivity index (χ0n) is 30.1. The molecule has 1 unspecified atom stereocenters. The molecule has 2 aromatic heterocycles. The molecule has 0 bridgehead atoms. The molecule has 14 nitrogen and oxygen atoms in total. The standard InChI is InChI=1S/C39H38ClFN6O8S/c40-26-6-3-8-29(33(26)41)55-24-12-14-39(15-13-24,22-23-4-1-9-30(44-23)45-38-43-17-21-56-38)37(52)42-16-18-53-19-20-54-28-7-2-5-25-32(28)36(51)47(35(25)50)27-10-11-31(48)46-34(27)49/h1-9,17,21,24,27H,10-16,18-20,22H2,(H,42,52)(H,43,44,45)(H,46,48,49). The molecular weight excluding hydrogens is 767 g/mol. The molecule has 3 N–H and O–H groups in total. The van der Waals surface area contributed by atoms with Crippen molar-refractivity contribution in [2.75, 3.05) is 31.7 Å². The van der Waals surface area contributed by atoms with E-state index < -0.39 is 40.9 Å². The predicted molar refractivity (Wildman–Crippen MR) is 203 cm³/mol. The molecule has 1 saturated heterocycles. The maximum atomic E-state index is 14.6. The Morgan fingerprint density at radius 2 is 1.77 bits per heavy atom. The summed E-state index contributed by atoms with van der Waals surface area (Å²) in [6, 6.07) is 13.8. The number of amides is 5. The molecule has 1 saturated carbocycles. The van der Waals surface area contributed by atoms with E-state index in [0.29, 0.717) is 43.1 Å². The first-order valence-electron chi connectivity index (χ1n) is 18.2. The molecule has 17 heteroatoms. The molecule has 5 amide bonds. The number of hydrogen-bond donors (Lipinski definition) is 3. The molecule has 1 aliphatic carbocycles. The minimum absolute atomic E-state index is 0.0195. The normalized spacial score (nSPS) is 20.7. The van der Waals surface area contributed by atoms with Gasteiger partial charge in [0.05, 0.1) is 40.9 Å². The van der Waals surface area contributed by atoms with Crippen LogP contribution in [0.1, 0.15) is 64.9 Å². The molecular formula is C39H38ClFN6O8S. The molecule has 56 heavy (non-hydrogen) atoms. The van der Waals surface area contributed by atoms with Crippen LogP contribution in [-0.4, -0.2) is 82.9 Å². The van der Waals surface area contributed by atoms with Gasteiger partial charge in [0.15, 0.2) is 16.7 Å². The number of carbonyl (C=O) groups is 5. The Hall–Kier alpha value is -5.45. The largest absolute Gasteiger partial charge is 0.490 e. The maximum Gasteiger partial charge on any atom is 0.266 e. The summed E-state index contributed by atoms with van der Waals surface area (Å²) >= 11 is 7.41. The van der Waals surface area contributed by atoms with E-state index in [2.05, 4.69) is 20.9 Å². The van der Waals surface area contributed by atoms with Crippen molar-refractivity contribution in [2.45, 2.75) is 57.1 Å². The van der Waals surface area contributed by atoms with Gasteiger partial charge in [0.1, 0.15) is 24.2 Å². The van der Waals surface area contributed by atoms with E-state index in [1.165, 1.54) is 29.5 Å². The third kappa shape index (κ3) is 8.51. The fourth-order valence-corrected chi connectivity index (χ4v) is 7.93. The lowest BCUT2D eigenvalue weighted by molar-refractivity contribution is -0.136. The summed E-state index contributed by atoms with van der Waals surface area (Å²) in [6.45, 7) is 0.539. The van der Waals surface area contributed by atoms with E-state index in [4.69, 9.17) is 30.8 Å². The molecule has 3 aliphatic rings. The second kappa shape index (κ2) is 17.1. The predicted octanol–water partition coefficient (Wildman–Crippen LogP) is 5.24. The van der Waals surface area contributed by atoms with E-state index in [1.54, 1.807) is 24.4 Å². The molecule has 4 aromatic rings. The Kier molecular flexibility index (Phi) is 11.9. The fraction of sp³-hybridized carbons (Fsp3) is 0.359. The van der Waals surface area contributed by atoms with Crippen LogP contribution in [0.15, 0.2) is 66.2 Å². The Morgan fingerprint density at radius 1 is 0.982 bits per heavy atom. The van der Waals surface area contributed by atoms with Gasteiger partial charge in [-0.05, 0) is 68.5 Å². The highest BCUT2D eigenvalue weighted by Gasteiger charge is 2.46. The number of pyridine rings is 1. The van der Waals surface area contributed by atoms with Gasteiger partial charge in [-0.25, -0.2) is 14.4 Å². The number of rotatable bonds is 15. The molecule has 2 aliphatic heterocycles. The van der Waals surface area contributed by atoms with Crippen molar-refractivity contribution in [2.24, 2.45) is 5.41 Å². The number of hydrogen-bond acceptors (Lipinski definition) is 12. The summed E-state index contributed by atoms with van der Waals surface area (Å²) in [6.07, 6.45) is 3.77. The van der Waals surface area contributed by atoms with Crippen molar-refractivity contribution in [1.29, 1.82) is 0 Å². The van der Waals surface area contributed by atoms with Gasteiger partial charge >= 0.3 is 0 Å². The van der Waals surface area contributed by atoms with Crippen LogP contribution in [0.4, 0.5) is 15.3 Å². The molecule has 0 radical (unpaired) electrons. The average molecular weight is 805 g/mol. The van der Waals surface area contributed by atoms with Gasteiger partial charge < -0.3 is 24.8 Å². The van der Waals surface area contributed by atoms with Crippen LogP contribution in [0, 0.1) is 11.2 Å². The smallest absolute Gasteiger partial charge is 0.266 e. The first-order chi connectivity index (χ1) is 27.1. The van der Waals surface area contributed by atoms with Crippen molar-refractivity contribution < 1.29 is 42.6 Å². The van der Waals surface area contributed by atoms with Crippen LogP contribution >= 0.6 is 22.9 Å². The van der Waals surface area contributed by atoms with Crippen LogP contribution < -0.4 is 25.4 Å². The topological polar surface area (TPSA) is 178 Å². The number of anilines is 2. The fourth-order valence-electron chi connectivity index (χ4n) is 7.23. The number of thiazole rings is 1. The summed E-state index contributed by atoms with van der Waals surface area (Å²) < 4.78 is 32.2. The van der Waals surface area contributed by atoms with E-state index >= 15 is 0 Å². The van der Waals surface area contributed by atoms with Crippen LogP contribution in [0.5, 0.6) is 11.5 Å². The first-order valence-corrected chi connectivity index (χ1v) is 19.4. The summed E-state index contributed by atoms with van der Waals surface area (Å²) in [7, 11) is 0. The van der Waals surface area contributed by atoms with Crippen LogP contribution in [0.25, 0.3) is 0 Å². The summed E-state index contributed by atoms with van der Waals surface area (Å²) in [4.78, 5) is 74.3. The summed E-state index contributed by atoms with van der Waals surface area (Å²) in [5.74, 6) is -2.34. The summed E-state index contributed by atoms with van der Waals surface area (Å²) in [5.41, 5.74) is 0.0756. The zero-order valence-corrected chi connectivity index (χ0v) is 31.6. The van der Waals surface area contributed by atoms with Crippen LogP contribution in [-0.2, 0) is 25.5 Å². The minimum atomic E-state index is -1.08. The van der Waals surface area contributed by atoms with Crippen molar-refractivity contribution in [1.82, 2.24) is 25.5 Å². The number of ether oxygens (including phenoxy) is 3. The highest BCUT2D eigenvalue weighted by molar-refractivity contribution is 7.13. The number of nitrogens with zero attached hydrogens (tertiary/aromatic N) is 3. The third-order valence-corrected chi connectivity index (χ3v) is 11.0. The summed E-state index contributed by atoms with van der Waals surface area (Å²) in [5, 5.41) is 10.9. The number of nitrogens with one attached hydrogen (secondary N) is 3. The monoisotopic (exact) mass is 804 g/mol. The van der Waals surface area contributed by atoms with E-state index in [0.717, 1.165) is 10.6 Å². The Bertz CT molecular complexity index is 2130. The third-order valence-electron chi connectivity index (χ3n) is 10.0. The lowest BCUT2D eigenvalue weighted by Gasteiger charge is -2.39. The number of benzene rings is 2. The average Bonchev–Trinajstić information content (AvgIpc) is 3.79. The molecule has 2 fully saturated rings. The SMILES string of the molecule is O=C1CCC(N2C(=O)c3cccc(OCCOCCNC(=O)C4(Cc5cccc(Nc6nccs6)n5)CCC(Oc5cccc(Cl)c5F)CC4)c3C2=O)C(=O)N1. The number of imide groups is 2. The Morgan fingerprint density at radius 3 is 2.55 bits per heavy atom. The van der Waals surface area contributed by atoms with Crippen molar-refractivity contribution in [3.63, 3.8) is 0 Å². The lowest BCUT2D eigenvalue weighted by atomic mass is 9.69. The van der Waals surface area contributed by atoms with Gasteiger partial charge in [0.25, 0.3) is 11.8 Å². The molecule has 2 aromatic carbocycles. The van der Waals surface area contributed by atoms with Crippen molar-refractivity contribution >= 4 is 63.4 Å². The Balaban J connectivity index is 0.932. The highest BCUT2D eigenvalue weighted by Crippen LogP contribution is 2.41. The molecule has 7 rings (SSSR count). The number of carbonyl (C=O) groups excluding carboxylic acids is 5. The van der Waals surface area contributed by atoms with Crippen LogP contribution in [0.3, 0.4) is 0 Å². The minimum Gasteiger partial charge on any atom is -0.490 e. The quantitative estimate of drug-likeness (QED) is 0.106. The number of fused-ring (bicyclic) bond motifs is 1. The zero-order chi connectivity index (χ0) is 39.2. The van der Waals surface area contributed by atoms with Crippen molar-refractivity contribution in [3.8, 4) is 11.5 Å². The number of piperidine rings is 1. The molecule has 4 heterocycles. The first kappa shape index (κ1) is 38.8. The van der Waals surface area contributed by atoms with E-state index in [-0.39, 0.29) is 78.9 Å². The van der Waals surface area contributed by atoms with E-state index in [1.807, 2.05) is 23.6 Å².